The van der Waals surface area contributed by atoms with Crippen LogP contribution in [0.4, 0.5) is 0 Å². The van der Waals surface area contributed by atoms with Crippen LogP contribution in [0, 0.1) is 18.3 Å². The van der Waals surface area contributed by atoms with Gasteiger partial charge in [0.15, 0.2) is 5.84 Å². The number of hydrogen-bond donors (Lipinski definition) is 1. The summed E-state index contributed by atoms with van der Waals surface area (Å²) in [6.45, 7) is 6.91. The second kappa shape index (κ2) is 9.40. The Morgan fingerprint density at radius 2 is 1.81 bits per heavy atom. The molecular formula is C24H24N4O3S. The van der Waals surface area contributed by atoms with E-state index in [0.717, 1.165) is 21.9 Å². The average Bonchev–Trinajstić information content (AvgIpc) is 3.20. The van der Waals surface area contributed by atoms with Gasteiger partial charge in [-0.05, 0) is 60.2 Å². The van der Waals surface area contributed by atoms with Gasteiger partial charge in [0.25, 0.3) is 5.91 Å². The SMILES string of the molecule is Cc1cccc(OCCOc2ccc(/C=C3\C(=N)N4N=C(C(C)C)SC4=NC3=O)cc2)c1. The molecule has 0 saturated heterocycles. The molecule has 2 aromatic carbocycles. The van der Waals surface area contributed by atoms with Crippen molar-refractivity contribution >= 4 is 39.8 Å². The summed E-state index contributed by atoms with van der Waals surface area (Å²) in [6, 6.07) is 15.2. The molecule has 2 aromatic rings. The van der Waals surface area contributed by atoms with E-state index in [0.29, 0.717) is 24.1 Å². The van der Waals surface area contributed by atoms with Crippen LogP contribution in [-0.2, 0) is 4.79 Å². The summed E-state index contributed by atoms with van der Waals surface area (Å²) in [5, 5.41) is 15.6. The van der Waals surface area contributed by atoms with Crippen molar-refractivity contribution in [1.82, 2.24) is 5.01 Å². The Hall–Kier alpha value is -3.39. The van der Waals surface area contributed by atoms with E-state index in [9.17, 15) is 4.79 Å². The molecule has 32 heavy (non-hydrogen) atoms. The monoisotopic (exact) mass is 448 g/mol. The number of nitrogens with zero attached hydrogens (tertiary/aromatic N) is 3. The standard InChI is InChI=1S/C24H24N4O3S/c1-15(2)23-27-28-21(25)20(22(29)26-24(28)32-23)14-17-7-9-18(10-8-17)30-11-12-31-19-6-4-5-16(3)13-19/h4-10,13-15,25H,11-12H2,1-3H3/b20-14+,25-21?. The Kier molecular flexibility index (Phi) is 6.41. The van der Waals surface area contributed by atoms with Gasteiger partial charge in [0, 0.05) is 5.92 Å². The van der Waals surface area contributed by atoms with E-state index in [2.05, 4.69) is 10.1 Å². The fourth-order valence-electron chi connectivity index (χ4n) is 3.09. The van der Waals surface area contributed by atoms with Crippen LogP contribution in [0.15, 0.2) is 64.2 Å². The van der Waals surface area contributed by atoms with Crippen molar-refractivity contribution in [1.29, 1.82) is 5.41 Å². The maximum Gasteiger partial charge on any atom is 0.283 e. The Morgan fingerprint density at radius 1 is 1.09 bits per heavy atom. The Labute approximate surface area is 191 Å². The van der Waals surface area contributed by atoms with Crippen LogP contribution in [0.25, 0.3) is 6.08 Å². The van der Waals surface area contributed by atoms with Gasteiger partial charge >= 0.3 is 0 Å². The molecular weight excluding hydrogens is 424 g/mol. The normalized spacial score (nSPS) is 16.9. The highest BCUT2D eigenvalue weighted by molar-refractivity contribution is 8.27. The van der Waals surface area contributed by atoms with E-state index in [-0.39, 0.29) is 17.3 Å². The number of rotatable bonds is 7. The number of benzene rings is 2. The van der Waals surface area contributed by atoms with Crippen LogP contribution < -0.4 is 9.47 Å². The first-order valence-electron chi connectivity index (χ1n) is 10.3. The molecule has 1 amide bonds. The zero-order chi connectivity index (χ0) is 22.7. The maximum absolute atomic E-state index is 12.5. The number of hydrogen-bond acceptors (Lipinski definition) is 6. The van der Waals surface area contributed by atoms with Crippen molar-refractivity contribution < 1.29 is 14.3 Å². The summed E-state index contributed by atoms with van der Waals surface area (Å²) in [5.41, 5.74) is 2.14. The van der Waals surface area contributed by atoms with E-state index in [1.165, 1.54) is 16.8 Å². The summed E-state index contributed by atoms with van der Waals surface area (Å²) < 4.78 is 11.4. The number of nitrogens with one attached hydrogen (secondary N) is 1. The first-order valence-corrected chi connectivity index (χ1v) is 11.1. The molecule has 2 heterocycles. The number of carbonyl (C=O) groups is 1. The van der Waals surface area contributed by atoms with Gasteiger partial charge in [-0.3, -0.25) is 10.2 Å². The Morgan fingerprint density at radius 3 is 2.50 bits per heavy atom. The van der Waals surface area contributed by atoms with Gasteiger partial charge < -0.3 is 9.47 Å². The minimum atomic E-state index is -0.428. The van der Waals surface area contributed by atoms with Crippen molar-refractivity contribution in [2.75, 3.05) is 13.2 Å². The first-order chi connectivity index (χ1) is 15.4. The number of thioether (sulfide) groups is 1. The van der Waals surface area contributed by atoms with Crippen molar-refractivity contribution in [3.05, 3.63) is 65.2 Å². The third kappa shape index (κ3) is 4.91. The summed E-state index contributed by atoms with van der Waals surface area (Å²) in [4.78, 5) is 16.6. The first kappa shape index (κ1) is 21.8. The van der Waals surface area contributed by atoms with Gasteiger partial charge in [0.1, 0.15) is 29.8 Å². The smallest absolute Gasteiger partial charge is 0.283 e. The number of aryl methyl sites for hydroxylation is 1. The van der Waals surface area contributed by atoms with E-state index in [4.69, 9.17) is 14.9 Å². The molecule has 0 aliphatic carbocycles. The predicted octanol–water partition coefficient (Wildman–Crippen LogP) is 4.73. The topological polar surface area (TPSA) is 87.3 Å². The highest BCUT2D eigenvalue weighted by atomic mass is 32.2. The summed E-state index contributed by atoms with van der Waals surface area (Å²) >= 11 is 1.34. The molecule has 2 aliphatic heterocycles. The van der Waals surface area contributed by atoms with Crippen LogP contribution >= 0.6 is 11.8 Å². The van der Waals surface area contributed by atoms with Crippen molar-refractivity contribution in [3.8, 4) is 11.5 Å². The van der Waals surface area contributed by atoms with E-state index in [1.54, 1.807) is 6.08 Å². The highest BCUT2D eigenvalue weighted by Crippen LogP contribution is 2.30. The van der Waals surface area contributed by atoms with Gasteiger partial charge in [-0.15, -0.1) is 0 Å². The fourth-order valence-corrected chi connectivity index (χ4v) is 3.98. The maximum atomic E-state index is 12.5. The number of ether oxygens (including phenoxy) is 2. The van der Waals surface area contributed by atoms with Crippen LogP contribution in [0.2, 0.25) is 0 Å². The number of fused-ring (bicyclic) bond motifs is 1. The molecule has 0 unspecified atom stereocenters. The number of aliphatic imine (C=N–C) groups is 1. The zero-order valence-electron chi connectivity index (χ0n) is 18.2. The van der Waals surface area contributed by atoms with Gasteiger partial charge in [-0.1, -0.05) is 38.1 Å². The van der Waals surface area contributed by atoms with Crippen LogP contribution in [0.1, 0.15) is 25.0 Å². The van der Waals surface area contributed by atoms with E-state index >= 15 is 0 Å². The molecule has 0 fully saturated rings. The summed E-state index contributed by atoms with van der Waals surface area (Å²) in [5.74, 6) is 1.34. The number of amidine groups is 2. The van der Waals surface area contributed by atoms with Crippen LogP contribution in [0.3, 0.4) is 0 Å². The van der Waals surface area contributed by atoms with Crippen molar-refractivity contribution in [2.24, 2.45) is 16.0 Å². The van der Waals surface area contributed by atoms with Crippen LogP contribution in [-0.4, -0.2) is 40.2 Å². The van der Waals surface area contributed by atoms with Crippen molar-refractivity contribution in [3.63, 3.8) is 0 Å². The molecule has 4 rings (SSSR count). The lowest BCUT2D eigenvalue weighted by Crippen LogP contribution is -2.35. The van der Waals surface area contributed by atoms with Crippen molar-refractivity contribution in [2.45, 2.75) is 20.8 Å². The molecule has 0 bridgehead atoms. The second-order valence-electron chi connectivity index (χ2n) is 7.70. The van der Waals surface area contributed by atoms with Gasteiger partial charge in [0.05, 0.1) is 5.57 Å². The number of hydrazone groups is 1. The largest absolute Gasteiger partial charge is 0.490 e. The minimum absolute atomic E-state index is 0.0387. The molecule has 0 radical (unpaired) electrons. The molecule has 0 spiro atoms. The lowest BCUT2D eigenvalue weighted by molar-refractivity contribution is -0.114. The molecule has 7 nitrogen and oxygen atoms in total. The van der Waals surface area contributed by atoms with E-state index < -0.39 is 5.91 Å². The van der Waals surface area contributed by atoms with E-state index in [1.807, 2.05) is 69.3 Å². The van der Waals surface area contributed by atoms with Crippen LogP contribution in [0.5, 0.6) is 11.5 Å². The average molecular weight is 449 g/mol. The molecule has 1 N–H and O–H groups in total. The molecule has 0 aromatic heterocycles. The zero-order valence-corrected chi connectivity index (χ0v) is 19.0. The molecule has 0 saturated carbocycles. The highest BCUT2D eigenvalue weighted by Gasteiger charge is 2.36. The molecule has 2 aliphatic rings. The molecule has 164 valence electrons. The Bertz CT molecular complexity index is 1140. The van der Waals surface area contributed by atoms with Gasteiger partial charge in [-0.2, -0.15) is 15.1 Å². The minimum Gasteiger partial charge on any atom is -0.490 e. The fraction of sp³-hybridized carbons (Fsp3) is 0.250. The molecule has 0 atom stereocenters. The summed E-state index contributed by atoms with van der Waals surface area (Å²) in [7, 11) is 0. The lowest BCUT2D eigenvalue weighted by atomic mass is 10.1. The molecule has 8 heteroatoms. The summed E-state index contributed by atoms with van der Waals surface area (Å²) in [6.07, 6.45) is 1.66. The van der Waals surface area contributed by atoms with Gasteiger partial charge in [0.2, 0.25) is 5.17 Å². The Balaban J connectivity index is 1.37. The quantitative estimate of drug-likeness (QED) is 0.489. The third-order valence-corrected chi connectivity index (χ3v) is 5.97. The third-order valence-electron chi connectivity index (χ3n) is 4.77. The lowest BCUT2D eigenvalue weighted by Gasteiger charge is -2.20. The predicted molar refractivity (Wildman–Crippen MR) is 128 cm³/mol. The number of amides is 1. The van der Waals surface area contributed by atoms with Gasteiger partial charge in [-0.25, -0.2) is 0 Å². The second-order valence-corrected chi connectivity index (χ2v) is 8.68. The number of carbonyl (C=O) groups excluding carboxylic acids is 1.